The van der Waals surface area contributed by atoms with Crippen LogP contribution in [0, 0.1) is 0 Å². The van der Waals surface area contributed by atoms with Crippen LogP contribution in [0.25, 0.3) is 5.65 Å². The molecule has 0 amide bonds. The van der Waals surface area contributed by atoms with Crippen molar-refractivity contribution in [3.63, 3.8) is 0 Å². The third-order valence-corrected chi connectivity index (χ3v) is 5.73. The van der Waals surface area contributed by atoms with Gasteiger partial charge in [0, 0.05) is 18.2 Å². The minimum absolute atomic E-state index is 0.400. The van der Waals surface area contributed by atoms with E-state index in [1.54, 1.807) is 0 Å². The normalized spacial score (nSPS) is 14.8. The number of fused-ring (bicyclic) bond motifs is 1. The van der Waals surface area contributed by atoms with Crippen molar-refractivity contribution in [3.05, 3.63) is 53.9 Å². The Morgan fingerprint density at radius 3 is 2.89 bits per heavy atom. The van der Waals surface area contributed by atoms with Gasteiger partial charge in [-0.2, -0.15) is 5.10 Å². The van der Waals surface area contributed by atoms with Crippen LogP contribution in [0.1, 0.15) is 30.0 Å². The number of hydrogen-bond donors (Lipinski definition) is 2. The molecule has 1 saturated carbocycles. The average Bonchev–Trinajstić information content (AvgIpc) is 3.49. The molecule has 2 aromatic heterocycles. The second kappa shape index (κ2) is 8.20. The van der Waals surface area contributed by atoms with Crippen LogP contribution in [0.15, 0.2) is 47.6 Å². The summed E-state index contributed by atoms with van der Waals surface area (Å²) in [5.41, 5.74) is 9.93. The quantitative estimate of drug-likeness (QED) is 0.446. The monoisotopic (exact) mass is 397 g/mol. The van der Waals surface area contributed by atoms with Gasteiger partial charge in [-0.05, 0) is 24.5 Å². The number of nitrogens with zero attached hydrogens (tertiary/aromatic N) is 3. The number of anilines is 1. The van der Waals surface area contributed by atoms with E-state index in [4.69, 9.17) is 15.6 Å². The SMILES string of the molecule is COC(=O)[C@@H](N)CSc1cc(NCc2ccccc2)c2ncc(C3CC3)n2n1. The van der Waals surface area contributed by atoms with Crippen LogP contribution < -0.4 is 11.1 Å². The Labute approximate surface area is 167 Å². The van der Waals surface area contributed by atoms with Gasteiger partial charge >= 0.3 is 5.97 Å². The van der Waals surface area contributed by atoms with Crippen molar-refractivity contribution in [1.29, 1.82) is 0 Å². The number of carbonyl (C=O) groups excluding carboxylic acids is 1. The van der Waals surface area contributed by atoms with Crippen molar-refractivity contribution in [2.45, 2.75) is 36.4 Å². The number of imidazole rings is 1. The lowest BCUT2D eigenvalue weighted by atomic mass is 10.2. The summed E-state index contributed by atoms with van der Waals surface area (Å²) in [6.07, 6.45) is 4.27. The van der Waals surface area contributed by atoms with E-state index in [0.29, 0.717) is 18.2 Å². The van der Waals surface area contributed by atoms with E-state index in [0.717, 1.165) is 22.1 Å². The predicted octanol–water partition coefficient (Wildman–Crippen LogP) is 2.81. The highest BCUT2D eigenvalue weighted by Gasteiger charge is 2.28. The molecule has 8 heteroatoms. The summed E-state index contributed by atoms with van der Waals surface area (Å²) in [7, 11) is 1.34. The molecule has 0 bridgehead atoms. The molecule has 146 valence electrons. The highest BCUT2D eigenvalue weighted by atomic mass is 32.2. The first-order valence-corrected chi connectivity index (χ1v) is 10.3. The van der Waals surface area contributed by atoms with E-state index >= 15 is 0 Å². The van der Waals surface area contributed by atoms with Crippen molar-refractivity contribution in [2.75, 3.05) is 18.2 Å². The summed E-state index contributed by atoms with van der Waals surface area (Å²) in [4.78, 5) is 16.2. The number of ether oxygens (including phenoxy) is 1. The van der Waals surface area contributed by atoms with Crippen molar-refractivity contribution in [3.8, 4) is 0 Å². The van der Waals surface area contributed by atoms with Gasteiger partial charge in [-0.1, -0.05) is 30.3 Å². The zero-order valence-electron chi connectivity index (χ0n) is 15.7. The fourth-order valence-corrected chi connectivity index (χ4v) is 3.84. The van der Waals surface area contributed by atoms with Gasteiger partial charge < -0.3 is 15.8 Å². The summed E-state index contributed by atoms with van der Waals surface area (Å²) < 4.78 is 6.63. The molecule has 0 aliphatic heterocycles. The summed E-state index contributed by atoms with van der Waals surface area (Å²) in [6, 6.07) is 11.5. The third kappa shape index (κ3) is 4.13. The van der Waals surface area contributed by atoms with Crippen LogP contribution in [0.5, 0.6) is 0 Å². The molecule has 0 unspecified atom stereocenters. The van der Waals surface area contributed by atoms with Gasteiger partial charge in [0.25, 0.3) is 0 Å². The van der Waals surface area contributed by atoms with Gasteiger partial charge in [0.15, 0.2) is 5.65 Å². The lowest BCUT2D eigenvalue weighted by Crippen LogP contribution is -2.33. The van der Waals surface area contributed by atoms with Gasteiger partial charge in [-0.25, -0.2) is 9.50 Å². The minimum Gasteiger partial charge on any atom is -0.468 e. The fourth-order valence-electron chi connectivity index (χ4n) is 3.01. The smallest absolute Gasteiger partial charge is 0.323 e. The van der Waals surface area contributed by atoms with Gasteiger partial charge in [-0.15, -0.1) is 11.8 Å². The number of aromatic nitrogens is 3. The molecule has 0 spiro atoms. The van der Waals surface area contributed by atoms with Crippen molar-refractivity contribution in [1.82, 2.24) is 14.6 Å². The third-order valence-electron chi connectivity index (χ3n) is 4.71. The number of benzene rings is 1. The Balaban J connectivity index is 1.60. The number of hydrogen-bond acceptors (Lipinski definition) is 7. The van der Waals surface area contributed by atoms with E-state index in [9.17, 15) is 4.79 Å². The molecule has 3 aromatic rings. The Kier molecular flexibility index (Phi) is 5.50. The summed E-state index contributed by atoms with van der Waals surface area (Å²) >= 11 is 1.44. The average molecular weight is 398 g/mol. The predicted molar refractivity (Wildman–Crippen MR) is 109 cm³/mol. The molecule has 0 saturated heterocycles. The van der Waals surface area contributed by atoms with Crippen LogP contribution in [0.2, 0.25) is 0 Å². The van der Waals surface area contributed by atoms with Crippen molar-refractivity contribution >= 4 is 29.1 Å². The first kappa shape index (κ1) is 18.8. The van der Waals surface area contributed by atoms with Crippen LogP contribution >= 0.6 is 11.8 Å². The maximum Gasteiger partial charge on any atom is 0.323 e. The van der Waals surface area contributed by atoms with E-state index < -0.39 is 12.0 Å². The largest absolute Gasteiger partial charge is 0.468 e. The van der Waals surface area contributed by atoms with E-state index in [1.165, 1.54) is 37.3 Å². The minimum atomic E-state index is -0.682. The molecule has 1 aliphatic carbocycles. The maximum absolute atomic E-state index is 11.6. The van der Waals surface area contributed by atoms with Gasteiger partial charge in [0.1, 0.15) is 11.1 Å². The lowest BCUT2D eigenvalue weighted by molar-refractivity contribution is -0.141. The number of carbonyl (C=O) groups is 1. The lowest BCUT2D eigenvalue weighted by Gasteiger charge is -2.12. The molecule has 4 rings (SSSR count). The molecule has 28 heavy (non-hydrogen) atoms. The first-order chi connectivity index (χ1) is 13.7. The van der Waals surface area contributed by atoms with E-state index in [1.807, 2.05) is 35.0 Å². The summed E-state index contributed by atoms with van der Waals surface area (Å²) in [5.74, 6) is 0.510. The first-order valence-electron chi connectivity index (χ1n) is 9.28. The Morgan fingerprint density at radius 1 is 1.39 bits per heavy atom. The van der Waals surface area contributed by atoms with Crippen LogP contribution in [-0.4, -0.2) is 39.5 Å². The fraction of sp³-hybridized carbons (Fsp3) is 0.350. The zero-order chi connectivity index (χ0) is 19.5. The molecule has 2 heterocycles. The number of nitrogens with one attached hydrogen (secondary N) is 1. The van der Waals surface area contributed by atoms with Gasteiger partial charge in [-0.3, -0.25) is 4.79 Å². The molecule has 7 nitrogen and oxygen atoms in total. The molecule has 1 atom stereocenters. The molecule has 0 radical (unpaired) electrons. The number of thioether (sulfide) groups is 1. The molecule has 1 aromatic carbocycles. The van der Waals surface area contributed by atoms with Crippen molar-refractivity contribution < 1.29 is 9.53 Å². The Morgan fingerprint density at radius 2 is 2.18 bits per heavy atom. The summed E-state index contributed by atoms with van der Waals surface area (Å²) in [6.45, 7) is 0.692. The molecular weight excluding hydrogens is 374 g/mol. The standard InChI is InChI=1S/C20H23N5O2S/c1-27-20(26)15(21)12-28-18-9-16(22-10-13-5-3-2-4-6-13)19-23-11-17(14-7-8-14)25(19)24-18/h2-6,9,11,14-15,22H,7-8,10,12,21H2,1H3/t15-/m0/s1. The number of esters is 1. The van der Waals surface area contributed by atoms with Crippen LogP contribution in [0.3, 0.4) is 0 Å². The molecule has 3 N–H and O–H groups in total. The van der Waals surface area contributed by atoms with Gasteiger partial charge in [0.2, 0.25) is 0 Å². The highest BCUT2D eigenvalue weighted by molar-refractivity contribution is 7.99. The van der Waals surface area contributed by atoms with E-state index in [2.05, 4.69) is 22.4 Å². The number of rotatable bonds is 8. The van der Waals surface area contributed by atoms with Crippen molar-refractivity contribution in [2.24, 2.45) is 5.73 Å². The summed E-state index contributed by atoms with van der Waals surface area (Å²) in [5, 5.41) is 9.01. The second-order valence-electron chi connectivity index (χ2n) is 6.87. The molecule has 1 aliphatic rings. The second-order valence-corrected chi connectivity index (χ2v) is 7.91. The van der Waals surface area contributed by atoms with Crippen LogP contribution in [-0.2, 0) is 16.1 Å². The number of methoxy groups -OCH3 is 1. The Bertz CT molecular complexity index is 971. The van der Waals surface area contributed by atoms with Crippen LogP contribution in [0.4, 0.5) is 5.69 Å². The van der Waals surface area contributed by atoms with Gasteiger partial charge in [0.05, 0.1) is 24.7 Å². The highest BCUT2D eigenvalue weighted by Crippen LogP contribution is 2.40. The zero-order valence-corrected chi connectivity index (χ0v) is 16.5. The molecular formula is C20H23N5O2S. The number of nitrogens with two attached hydrogens (primary N) is 1. The topological polar surface area (TPSA) is 94.5 Å². The van der Waals surface area contributed by atoms with E-state index in [-0.39, 0.29) is 0 Å². The Hall–Kier alpha value is -2.58. The maximum atomic E-state index is 11.6. The molecule has 1 fully saturated rings.